The molecule has 3 aliphatic rings. The Morgan fingerprint density at radius 2 is 1.15 bits per heavy atom. The largest absolute Gasteiger partial charge is 0.375 e. The standard InChI is InChI=1S/C53H38N2/c1-2-28-54-33-39-13-11-12-29-55(39)52(54)35-24-22-34(23-25-35)36-26-27-37-31-46-49(32-38(37)30-36)53(47-20-9-7-16-42(47)43-17-8-10-21-48(43)53)51-45-19-6-4-15-41(45)40-14-3-5-18-44(40)50(46)51/h3-27,29-33,52H,2,28H2,1H3/q+2. The van der Waals surface area contributed by atoms with Crippen LogP contribution in [-0.4, -0.2) is 17.3 Å². The van der Waals surface area contributed by atoms with Gasteiger partial charge in [-0.2, -0.15) is 4.58 Å². The number of rotatable bonds is 4. The summed E-state index contributed by atoms with van der Waals surface area (Å²) in [5.41, 5.74) is 15.5. The Kier molecular flexibility index (Phi) is 6.40. The average Bonchev–Trinajstić information content (AvgIpc) is 3.87. The Labute approximate surface area is 320 Å². The van der Waals surface area contributed by atoms with Crippen molar-refractivity contribution >= 4 is 38.5 Å². The van der Waals surface area contributed by atoms with E-state index in [-0.39, 0.29) is 6.17 Å². The molecule has 2 nitrogen and oxygen atoms in total. The predicted molar refractivity (Wildman–Crippen MR) is 226 cm³/mol. The van der Waals surface area contributed by atoms with Crippen LogP contribution in [0.5, 0.6) is 0 Å². The fourth-order valence-corrected chi connectivity index (χ4v) is 10.6. The molecular formula is C53H38N2+2. The maximum absolute atomic E-state index is 2.54. The first-order valence-electron chi connectivity index (χ1n) is 19.7. The fourth-order valence-electron chi connectivity index (χ4n) is 10.6. The van der Waals surface area contributed by atoms with Crippen LogP contribution in [0.15, 0.2) is 176 Å². The van der Waals surface area contributed by atoms with Gasteiger partial charge in [-0.1, -0.05) is 128 Å². The molecule has 0 saturated heterocycles. The lowest BCUT2D eigenvalue weighted by atomic mass is 9.69. The predicted octanol–water partition coefficient (Wildman–Crippen LogP) is 11.8. The zero-order valence-electron chi connectivity index (χ0n) is 30.7. The topological polar surface area (TPSA) is 6.89 Å². The van der Waals surface area contributed by atoms with E-state index >= 15 is 0 Å². The molecule has 0 saturated carbocycles. The minimum absolute atomic E-state index is 0.173. The second-order valence-corrected chi connectivity index (χ2v) is 15.5. The maximum atomic E-state index is 2.54. The van der Waals surface area contributed by atoms with Gasteiger partial charge in [0.2, 0.25) is 6.21 Å². The van der Waals surface area contributed by atoms with Crippen molar-refractivity contribution in [2.24, 2.45) is 0 Å². The highest BCUT2D eigenvalue weighted by atomic mass is 15.3. The Bertz CT molecular complexity index is 3070. The van der Waals surface area contributed by atoms with Gasteiger partial charge >= 0.3 is 6.17 Å². The average molecular weight is 703 g/mol. The summed E-state index contributed by atoms with van der Waals surface area (Å²) >= 11 is 0. The first-order valence-corrected chi connectivity index (χ1v) is 19.7. The number of nitrogens with zero attached hydrogens (tertiary/aromatic N) is 2. The second-order valence-electron chi connectivity index (χ2n) is 15.5. The van der Waals surface area contributed by atoms with Gasteiger partial charge in [-0.05, 0) is 124 Å². The first-order chi connectivity index (χ1) is 27.2. The molecule has 2 aliphatic carbocycles. The minimum Gasteiger partial charge on any atom is -0.165 e. The molecule has 1 atom stereocenters. The van der Waals surface area contributed by atoms with Crippen molar-refractivity contribution in [3.8, 4) is 33.4 Å². The van der Waals surface area contributed by atoms with Gasteiger partial charge in [0.15, 0.2) is 6.20 Å². The minimum atomic E-state index is -0.441. The Morgan fingerprint density at radius 3 is 1.89 bits per heavy atom. The summed E-state index contributed by atoms with van der Waals surface area (Å²) in [5.74, 6) is 0. The highest BCUT2D eigenvalue weighted by Crippen LogP contribution is 2.65. The van der Waals surface area contributed by atoms with Gasteiger partial charge in [0, 0.05) is 18.6 Å². The molecule has 0 amide bonds. The molecule has 55 heavy (non-hydrogen) atoms. The lowest BCUT2D eigenvalue weighted by molar-refractivity contribution is -0.851. The summed E-state index contributed by atoms with van der Waals surface area (Å²) < 4.78 is 4.86. The zero-order valence-corrected chi connectivity index (χ0v) is 30.7. The normalized spacial score (nSPS) is 15.6. The molecule has 8 aromatic carbocycles. The van der Waals surface area contributed by atoms with Crippen LogP contribution in [0, 0.1) is 0 Å². The van der Waals surface area contributed by atoms with Gasteiger partial charge in [-0.3, -0.25) is 0 Å². The van der Waals surface area contributed by atoms with Gasteiger partial charge in [0.05, 0.1) is 11.0 Å². The molecular weight excluding hydrogens is 665 g/mol. The number of pyridine rings is 1. The molecule has 12 rings (SSSR count). The van der Waals surface area contributed by atoms with Crippen LogP contribution in [0.1, 0.15) is 53.0 Å². The number of aromatic nitrogens is 1. The monoisotopic (exact) mass is 702 g/mol. The molecule has 0 bridgehead atoms. The van der Waals surface area contributed by atoms with Crippen LogP contribution in [0.4, 0.5) is 0 Å². The molecule has 1 aromatic heterocycles. The third-order valence-corrected chi connectivity index (χ3v) is 12.7. The van der Waals surface area contributed by atoms with Gasteiger partial charge < -0.3 is 0 Å². The molecule has 0 fully saturated rings. The summed E-state index contributed by atoms with van der Waals surface area (Å²) in [5, 5.41) is 7.83. The van der Waals surface area contributed by atoms with E-state index in [1.807, 2.05) is 0 Å². The van der Waals surface area contributed by atoms with Crippen LogP contribution in [0.25, 0.3) is 65.7 Å². The van der Waals surface area contributed by atoms with E-state index in [1.54, 1.807) is 0 Å². The molecule has 1 aliphatic heterocycles. The van der Waals surface area contributed by atoms with Crippen molar-refractivity contribution in [2.45, 2.75) is 24.9 Å². The highest BCUT2D eigenvalue weighted by molar-refractivity contribution is 6.20. The molecule has 9 aromatic rings. The van der Waals surface area contributed by atoms with Gasteiger partial charge in [-0.15, -0.1) is 4.57 Å². The number of hydrogen-bond donors (Lipinski definition) is 0. The lowest BCUT2D eigenvalue weighted by Crippen LogP contribution is -2.43. The Morgan fingerprint density at radius 1 is 0.509 bits per heavy atom. The smallest absolute Gasteiger partial charge is 0.165 e. The van der Waals surface area contributed by atoms with E-state index in [2.05, 4.69) is 198 Å². The molecule has 2 heteroatoms. The van der Waals surface area contributed by atoms with Crippen LogP contribution >= 0.6 is 0 Å². The van der Waals surface area contributed by atoms with Crippen molar-refractivity contribution in [2.75, 3.05) is 6.54 Å². The molecule has 2 heterocycles. The van der Waals surface area contributed by atoms with Crippen LogP contribution < -0.4 is 4.57 Å². The number of benzene rings is 8. The van der Waals surface area contributed by atoms with E-state index < -0.39 is 5.41 Å². The SMILES string of the molecule is CCC[N+]1=Cc2cccc[n+]2C1c1ccc(-c2ccc3cc4c(cc3c2)C2(c3ccccc3-c3ccccc32)c2c-4c3ccccc3c3ccccc23)cc1. The highest BCUT2D eigenvalue weighted by Gasteiger charge is 2.53. The molecule has 258 valence electrons. The van der Waals surface area contributed by atoms with Gasteiger partial charge in [0.25, 0.3) is 5.69 Å². The molecule has 1 spiro atoms. The van der Waals surface area contributed by atoms with Crippen LogP contribution in [0.2, 0.25) is 0 Å². The Balaban J connectivity index is 1.08. The third kappa shape index (κ3) is 4.09. The second kappa shape index (κ2) is 11.4. The van der Waals surface area contributed by atoms with Crippen molar-refractivity contribution < 1.29 is 9.14 Å². The van der Waals surface area contributed by atoms with E-state index in [4.69, 9.17) is 0 Å². The summed E-state index contributed by atoms with van der Waals surface area (Å²) in [4.78, 5) is 0. The number of fused-ring (bicyclic) bond motifs is 17. The van der Waals surface area contributed by atoms with Gasteiger partial charge in [0.1, 0.15) is 6.54 Å². The first kappa shape index (κ1) is 30.8. The van der Waals surface area contributed by atoms with E-state index in [9.17, 15) is 0 Å². The summed E-state index contributed by atoms with van der Waals surface area (Å²) in [6.07, 6.45) is 5.80. The number of hydrogen-bond acceptors (Lipinski definition) is 0. The van der Waals surface area contributed by atoms with E-state index in [0.29, 0.717) is 0 Å². The zero-order chi connectivity index (χ0) is 36.3. The summed E-state index contributed by atoms with van der Waals surface area (Å²) in [7, 11) is 0. The summed E-state index contributed by atoms with van der Waals surface area (Å²) in [6.45, 7) is 3.28. The van der Waals surface area contributed by atoms with Crippen molar-refractivity contribution in [3.05, 3.63) is 210 Å². The fraction of sp³-hybridized carbons (Fsp3) is 0.0943. The van der Waals surface area contributed by atoms with Crippen LogP contribution in [0.3, 0.4) is 0 Å². The van der Waals surface area contributed by atoms with Crippen molar-refractivity contribution in [1.29, 1.82) is 0 Å². The van der Waals surface area contributed by atoms with E-state index in [0.717, 1.165) is 13.0 Å². The van der Waals surface area contributed by atoms with Crippen LogP contribution in [-0.2, 0) is 5.41 Å². The van der Waals surface area contributed by atoms with Crippen molar-refractivity contribution in [3.63, 3.8) is 0 Å². The lowest BCUT2D eigenvalue weighted by Gasteiger charge is -2.32. The van der Waals surface area contributed by atoms with E-state index in [1.165, 1.54) is 99.2 Å². The molecule has 0 N–H and O–H groups in total. The summed E-state index contributed by atoms with van der Waals surface area (Å²) in [6, 6.07) is 64.3. The van der Waals surface area contributed by atoms with Crippen molar-refractivity contribution in [1.82, 2.24) is 0 Å². The maximum Gasteiger partial charge on any atom is 0.375 e. The molecule has 1 unspecified atom stereocenters. The quantitative estimate of drug-likeness (QED) is 0.127. The Hall–Kier alpha value is -6.64. The molecule has 0 radical (unpaired) electrons. The van der Waals surface area contributed by atoms with Gasteiger partial charge in [-0.25, -0.2) is 0 Å². The third-order valence-electron chi connectivity index (χ3n) is 12.7.